The van der Waals surface area contributed by atoms with Crippen LogP contribution < -0.4 is 19.5 Å². The van der Waals surface area contributed by atoms with Crippen molar-refractivity contribution in [3.8, 4) is 17.2 Å². The Labute approximate surface area is 175 Å². The van der Waals surface area contributed by atoms with Crippen LogP contribution in [0.3, 0.4) is 0 Å². The minimum absolute atomic E-state index is 0.0504. The molecule has 0 fully saturated rings. The maximum absolute atomic E-state index is 12.5. The van der Waals surface area contributed by atoms with E-state index in [1.165, 1.54) is 13.2 Å². The van der Waals surface area contributed by atoms with E-state index >= 15 is 0 Å². The Bertz CT molecular complexity index is 823. The zero-order valence-electron chi connectivity index (χ0n) is 15.2. The first-order valence-electron chi connectivity index (χ1n) is 8.31. The number of hydrogen-bond donors (Lipinski definition) is 1. The molecule has 9 heteroatoms. The summed E-state index contributed by atoms with van der Waals surface area (Å²) in [6.45, 7) is -1.03. The van der Waals surface area contributed by atoms with Gasteiger partial charge in [0.25, 0.3) is 5.91 Å². The summed E-state index contributed by atoms with van der Waals surface area (Å²) >= 11 is 9.20. The molecule has 0 bridgehead atoms. The number of amides is 1. The van der Waals surface area contributed by atoms with E-state index in [-0.39, 0.29) is 17.4 Å². The van der Waals surface area contributed by atoms with Crippen LogP contribution in [-0.2, 0) is 11.2 Å². The lowest BCUT2D eigenvalue weighted by atomic mass is 10.1. The summed E-state index contributed by atoms with van der Waals surface area (Å²) in [5.74, 6) is 0.352. The van der Waals surface area contributed by atoms with Crippen molar-refractivity contribution in [2.45, 2.75) is 26.1 Å². The third-order valence-corrected chi connectivity index (χ3v) is 4.58. The number of carbonyl (C=O) groups is 1. The van der Waals surface area contributed by atoms with Gasteiger partial charge in [-0.3, -0.25) is 4.79 Å². The van der Waals surface area contributed by atoms with Gasteiger partial charge in [-0.1, -0.05) is 17.7 Å². The van der Waals surface area contributed by atoms with Gasteiger partial charge in [0.1, 0.15) is 5.75 Å². The second kappa shape index (κ2) is 10.5. The Morgan fingerprint density at radius 1 is 1.14 bits per heavy atom. The van der Waals surface area contributed by atoms with Gasteiger partial charge in [-0.25, -0.2) is 0 Å². The molecule has 0 aliphatic carbocycles. The lowest BCUT2D eigenvalue weighted by molar-refractivity contribution is -0.127. The van der Waals surface area contributed by atoms with Crippen LogP contribution in [0.2, 0.25) is 5.02 Å². The molecule has 0 saturated heterocycles. The number of nitrogens with one attached hydrogen (secondary N) is 1. The summed E-state index contributed by atoms with van der Waals surface area (Å²) in [5.41, 5.74) is 0.714. The van der Waals surface area contributed by atoms with Gasteiger partial charge < -0.3 is 19.5 Å². The number of alkyl halides is 2. The molecule has 0 spiro atoms. The summed E-state index contributed by atoms with van der Waals surface area (Å²) in [6.07, 6.45) is -0.307. The zero-order chi connectivity index (χ0) is 20.7. The van der Waals surface area contributed by atoms with E-state index in [0.717, 1.165) is 0 Å². The lowest BCUT2D eigenvalue weighted by Gasteiger charge is -2.16. The molecular weight excluding hydrogens is 460 g/mol. The molecule has 2 aromatic carbocycles. The summed E-state index contributed by atoms with van der Waals surface area (Å²) in [4.78, 5) is 12.2. The van der Waals surface area contributed by atoms with Gasteiger partial charge in [0.05, 0.1) is 11.6 Å². The van der Waals surface area contributed by atoms with Crippen molar-refractivity contribution in [3.63, 3.8) is 0 Å². The number of carbonyl (C=O) groups excluding carboxylic acids is 1. The minimum Gasteiger partial charge on any atom is -0.493 e. The first kappa shape index (κ1) is 22.2. The molecule has 0 heterocycles. The predicted octanol–water partition coefficient (Wildman–Crippen LogP) is 4.84. The quantitative estimate of drug-likeness (QED) is 0.560. The standard InChI is InChI=1S/C19H19BrClF2NO4/c1-11(27-15-6-4-13(21)10-14(15)20)18(25)24-8-7-12-3-5-16(26-2)17(9-12)28-19(22)23/h3-6,9-11,19H,7-8H2,1-2H3,(H,24,25). The maximum atomic E-state index is 12.5. The highest BCUT2D eigenvalue weighted by atomic mass is 79.9. The van der Waals surface area contributed by atoms with E-state index in [2.05, 4.69) is 26.0 Å². The monoisotopic (exact) mass is 477 g/mol. The topological polar surface area (TPSA) is 56.8 Å². The molecule has 1 unspecified atom stereocenters. The van der Waals surface area contributed by atoms with Crippen molar-refractivity contribution in [2.24, 2.45) is 0 Å². The second-order valence-corrected chi connectivity index (χ2v) is 7.03. The Kier molecular flexibility index (Phi) is 8.32. The van der Waals surface area contributed by atoms with Gasteiger partial charge >= 0.3 is 6.61 Å². The molecule has 1 N–H and O–H groups in total. The Morgan fingerprint density at radius 3 is 2.50 bits per heavy atom. The van der Waals surface area contributed by atoms with Gasteiger partial charge in [-0.15, -0.1) is 0 Å². The predicted molar refractivity (Wildman–Crippen MR) is 106 cm³/mol. The fourth-order valence-corrected chi connectivity index (χ4v) is 3.13. The van der Waals surface area contributed by atoms with Gasteiger partial charge in [0.2, 0.25) is 0 Å². The molecule has 5 nitrogen and oxygen atoms in total. The van der Waals surface area contributed by atoms with Crippen molar-refractivity contribution in [1.29, 1.82) is 0 Å². The van der Waals surface area contributed by atoms with Crippen molar-refractivity contribution in [1.82, 2.24) is 5.32 Å². The molecule has 0 aliphatic rings. The minimum atomic E-state index is -2.95. The third kappa shape index (κ3) is 6.53. The van der Waals surface area contributed by atoms with Crippen molar-refractivity contribution in [2.75, 3.05) is 13.7 Å². The van der Waals surface area contributed by atoms with Crippen molar-refractivity contribution >= 4 is 33.4 Å². The third-order valence-electron chi connectivity index (χ3n) is 3.72. The average molecular weight is 479 g/mol. The van der Waals surface area contributed by atoms with Crippen LogP contribution in [0.1, 0.15) is 12.5 Å². The first-order valence-corrected chi connectivity index (χ1v) is 9.48. The highest BCUT2D eigenvalue weighted by Crippen LogP contribution is 2.30. The van der Waals surface area contributed by atoms with Crippen LogP contribution in [0.5, 0.6) is 17.2 Å². The summed E-state index contributed by atoms with van der Waals surface area (Å²) in [6, 6.07) is 9.71. The van der Waals surface area contributed by atoms with E-state index in [4.69, 9.17) is 21.1 Å². The number of ether oxygens (including phenoxy) is 3. The SMILES string of the molecule is COc1ccc(CCNC(=O)C(C)Oc2ccc(Cl)cc2Br)cc1OC(F)F. The Morgan fingerprint density at radius 2 is 1.86 bits per heavy atom. The fraction of sp³-hybridized carbons (Fsp3) is 0.316. The van der Waals surface area contributed by atoms with E-state index < -0.39 is 12.7 Å². The highest BCUT2D eigenvalue weighted by molar-refractivity contribution is 9.10. The molecule has 2 aromatic rings. The average Bonchev–Trinajstić information content (AvgIpc) is 2.63. The maximum Gasteiger partial charge on any atom is 0.387 e. The smallest absolute Gasteiger partial charge is 0.387 e. The van der Waals surface area contributed by atoms with Crippen LogP contribution in [0.25, 0.3) is 0 Å². The zero-order valence-corrected chi connectivity index (χ0v) is 17.5. The molecule has 2 rings (SSSR count). The molecule has 152 valence electrons. The molecule has 1 amide bonds. The van der Waals surface area contributed by atoms with Crippen LogP contribution >= 0.6 is 27.5 Å². The first-order chi connectivity index (χ1) is 13.3. The van der Waals surface area contributed by atoms with Gasteiger partial charge in [-0.2, -0.15) is 8.78 Å². The Hall–Kier alpha value is -2.06. The van der Waals surface area contributed by atoms with Crippen molar-refractivity contribution in [3.05, 3.63) is 51.5 Å². The number of benzene rings is 2. The molecular formula is C19H19BrClF2NO4. The number of methoxy groups -OCH3 is 1. The van der Waals surface area contributed by atoms with Gasteiger partial charge in [0.15, 0.2) is 17.6 Å². The molecule has 0 radical (unpaired) electrons. The summed E-state index contributed by atoms with van der Waals surface area (Å²) < 4.78 is 40.7. The second-order valence-electron chi connectivity index (χ2n) is 5.74. The molecule has 28 heavy (non-hydrogen) atoms. The van der Waals surface area contributed by atoms with Crippen LogP contribution in [0.15, 0.2) is 40.9 Å². The van der Waals surface area contributed by atoms with Crippen LogP contribution in [0, 0.1) is 0 Å². The van der Waals surface area contributed by atoms with E-state index in [1.807, 2.05) is 0 Å². The van der Waals surface area contributed by atoms with Gasteiger partial charge in [0, 0.05) is 11.6 Å². The van der Waals surface area contributed by atoms with Crippen molar-refractivity contribution < 1.29 is 27.8 Å². The van der Waals surface area contributed by atoms with E-state index in [9.17, 15) is 13.6 Å². The highest BCUT2D eigenvalue weighted by Gasteiger charge is 2.16. The number of halogens is 4. The van der Waals surface area contributed by atoms with E-state index in [0.29, 0.717) is 33.8 Å². The normalized spacial score (nSPS) is 11.8. The summed E-state index contributed by atoms with van der Waals surface area (Å²) in [7, 11) is 1.37. The van der Waals surface area contributed by atoms with Gasteiger partial charge in [-0.05, 0) is 65.2 Å². The van der Waals surface area contributed by atoms with E-state index in [1.54, 1.807) is 37.3 Å². The van der Waals surface area contributed by atoms with Crippen LogP contribution in [-0.4, -0.2) is 32.3 Å². The van der Waals surface area contributed by atoms with Crippen LogP contribution in [0.4, 0.5) is 8.78 Å². The number of hydrogen-bond acceptors (Lipinski definition) is 4. The molecule has 0 aliphatic heterocycles. The summed E-state index contributed by atoms with van der Waals surface area (Å²) in [5, 5.41) is 3.29. The molecule has 1 atom stereocenters. The Balaban J connectivity index is 1.89. The molecule has 0 saturated carbocycles. The molecule has 0 aromatic heterocycles. The fourth-order valence-electron chi connectivity index (χ4n) is 2.35. The lowest BCUT2D eigenvalue weighted by Crippen LogP contribution is -2.37. The largest absolute Gasteiger partial charge is 0.493 e. The number of rotatable bonds is 9.